The molecule has 150 valence electrons. The molecule has 1 aliphatic heterocycles. The van der Waals surface area contributed by atoms with E-state index >= 15 is 0 Å². The summed E-state index contributed by atoms with van der Waals surface area (Å²) in [7, 11) is 0. The summed E-state index contributed by atoms with van der Waals surface area (Å²) >= 11 is 0. The number of ketones is 1. The summed E-state index contributed by atoms with van der Waals surface area (Å²) in [6.45, 7) is 5.42. The predicted molar refractivity (Wildman–Crippen MR) is 108 cm³/mol. The lowest BCUT2D eigenvalue weighted by molar-refractivity contribution is -0.143. The smallest absolute Gasteiger partial charge is 0.292 e. The van der Waals surface area contributed by atoms with Gasteiger partial charge in [0.15, 0.2) is 5.78 Å². The molecule has 6 heteroatoms. The monoisotopic (exact) mass is 392 g/mol. The van der Waals surface area contributed by atoms with E-state index in [0.29, 0.717) is 11.5 Å². The lowest BCUT2D eigenvalue weighted by atomic mass is 9.97. The van der Waals surface area contributed by atoms with Crippen molar-refractivity contribution in [3.63, 3.8) is 0 Å². The highest BCUT2D eigenvalue weighted by Crippen LogP contribution is 2.26. The van der Waals surface area contributed by atoms with Crippen molar-refractivity contribution < 1.29 is 19.2 Å². The second-order valence-electron chi connectivity index (χ2n) is 7.29. The fourth-order valence-corrected chi connectivity index (χ4v) is 3.35. The van der Waals surface area contributed by atoms with Crippen LogP contribution in [0.25, 0.3) is 0 Å². The van der Waals surface area contributed by atoms with Gasteiger partial charge in [-0.25, -0.2) is 14.6 Å². The minimum atomic E-state index is -0.970. The number of carbonyl (C=O) groups is 4. The van der Waals surface area contributed by atoms with Crippen molar-refractivity contribution in [1.82, 2.24) is 9.80 Å². The molecule has 0 N–H and O–H groups in total. The Morgan fingerprint density at radius 3 is 2.07 bits per heavy atom. The summed E-state index contributed by atoms with van der Waals surface area (Å²) in [4.78, 5) is 51.8. The summed E-state index contributed by atoms with van der Waals surface area (Å²) in [5, 5.41) is 0. The molecule has 0 spiro atoms. The Kier molecular flexibility index (Phi) is 5.92. The van der Waals surface area contributed by atoms with Crippen molar-refractivity contribution in [2.75, 3.05) is 6.54 Å². The number of Topliss-reactive ketones (excluding diaryl/α,β-unsaturated/α-hetero) is 1. The molecule has 1 fully saturated rings. The first kappa shape index (κ1) is 20.5. The molecule has 0 aliphatic carbocycles. The lowest BCUT2D eigenvalue weighted by Crippen LogP contribution is -2.37. The Bertz CT molecular complexity index is 937. The zero-order chi connectivity index (χ0) is 21.1. The summed E-state index contributed by atoms with van der Waals surface area (Å²) in [5.74, 6) is -1.88. The van der Waals surface area contributed by atoms with Gasteiger partial charge in [0.05, 0.1) is 12.6 Å². The second kappa shape index (κ2) is 8.39. The summed E-state index contributed by atoms with van der Waals surface area (Å²) in [6, 6.07) is 14.8. The van der Waals surface area contributed by atoms with Crippen molar-refractivity contribution in [3.8, 4) is 0 Å². The maximum atomic E-state index is 12.7. The van der Waals surface area contributed by atoms with Crippen LogP contribution in [-0.2, 0) is 9.59 Å². The molecule has 1 aliphatic rings. The van der Waals surface area contributed by atoms with E-state index in [1.807, 2.05) is 18.2 Å². The highest BCUT2D eigenvalue weighted by Gasteiger charge is 2.47. The molecule has 2 aromatic carbocycles. The number of carbonyl (C=O) groups excluding carboxylic acids is 4. The van der Waals surface area contributed by atoms with E-state index in [4.69, 9.17) is 0 Å². The van der Waals surface area contributed by atoms with Gasteiger partial charge in [0.2, 0.25) is 0 Å². The molecule has 0 saturated carbocycles. The number of nitrogens with zero attached hydrogens (tertiary/aromatic N) is 2. The first-order valence-corrected chi connectivity index (χ1v) is 9.72. The Labute approximate surface area is 170 Å². The van der Waals surface area contributed by atoms with Crippen molar-refractivity contribution >= 4 is 23.6 Å². The van der Waals surface area contributed by atoms with E-state index < -0.39 is 30.4 Å². The third-order valence-corrected chi connectivity index (χ3v) is 5.47. The van der Waals surface area contributed by atoms with Crippen LogP contribution in [0.15, 0.2) is 54.6 Å². The molecule has 29 heavy (non-hydrogen) atoms. The topological polar surface area (TPSA) is 74.8 Å². The van der Waals surface area contributed by atoms with E-state index in [1.54, 1.807) is 43.3 Å². The van der Waals surface area contributed by atoms with Crippen LogP contribution in [0, 0.1) is 0 Å². The zero-order valence-corrected chi connectivity index (χ0v) is 16.8. The molecule has 0 bridgehead atoms. The van der Waals surface area contributed by atoms with Crippen LogP contribution >= 0.6 is 0 Å². The van der Waals surface area contributed by atoms with Gasteiger partial charge in [-0.3, -0.25) is 14.4 Å². The van der Waals surface area contributed by atoms with Gasteiger partial charge in [-0.1, -0.05) is 68.4 Å². The standard InChI is InChI=1S/C23H24N2O4/c1-4-15(2)17-10-12-19(13-11-17)20(26)14-24-21(27)22(28)25(23(24)29)16(3)18-8-6-5-7-9-18/h5-13,15-16H,4,14H2,1-3H3. The number of rotatable bonds is 7. The number of benzene rings is 2. The molecule has 1 saturated heterocycles. The molecule has 4 amide bonds. The number of imide groups is 2. The predicted octanol–water partition coefficient (Wildman–Crippen LogP) is 3.93. The van der Waals surface area contributed by atoms with E-state index in [0.717, 1.165) is 27.3 Å². The zero-order valence-electron chi connectivity index (χ0n) is 16.8. The van der Waals surface area contributed by atoms with Crippen LogP contribution in [-0.4, -0.2) is 40.0 Å². The number of urea groups is 1. The van der Waals surface area contributed by atoms with Crippen molar-refractivity contribution in [3.05, 3.63) is 71.3 Å². The Morgan fingerprint density at radius 1 is 0.862 bits per heavy atom. The summed E-state index contributed by atoms with van der Waals surface area (Å²) in [6.07, 6.45) is 0.988. The molecular formula is C23H24N2O4. The van der Waals surface area contributed by atoms with Gasteiger partial charge in [-0.15, -0.1) is 0 Å². The SMILES string of the molecule is CCC(C)c1ccc(C(=O)CN2C(=O)C(=O)N(C(C)c3ccccc3)C2=O)cc1. The molecular weight excluding hydrogens is 368 g/mol. The Hall–Kier alpha value is -3.28. The van der Waals surface area contributed by atoms with E-state index in [2.05, 4.69) is 13.8 Å². The molecule has 6 nitrogen and oxygen atoms in total. The van der Waals surface area contributed by atoms with Gasteiger partial charge < -0.3 is 0 Å². The molecule has 1 heterocycles. The lowest BCUT2D eigenvalue weighted by Gasteiger charge is -2.22. The maximum absolute atomic E-state index is 12.7. The van der Waals surface area contributed by atoms with Gasteiger partial charge >= 0.3 is 17.8 Å². The number of amides is 4. The third kappa shape index (κ3) is 3.97. The van der Waals surface area contributed by atoms with Crippen LogP contribution in [0.1, 0.15) is 60.6 Å². The minimum absolute atomic E-state index is 0.381. The maximum Gasteiger partial charge on any atom is 0.335 e. The molecule has 2 unspecified atom stereocenters. The Balaban J connectivity index is 1.75. The van der Waals surface area contributed by atoms with E-state index in [-0.39, 0.29) is 5.78 Å². The molecule has 0 radical (unpaired) electrons. The first-order valence-electron chi connectivity index (χ1n) is 9.72. The largest absolute Gasteiger partial charge is 0.335 e. The minimum Gasteiger partial charge on any atom is -0.292 e. The van der Waals surface area contributed by atoms with Crippen LogP contribution < -0.4 is 0 Å². The highest BCUT2D eigenvalue weighted by atomic mass is 16.2. The third-order valence-electron chi connectivity index (χ3n) is 5.47. The van der Waals surface area contributed by atoms with E-state index in [9.17, 15) is 19.2 Å². The first-order chi connectivity index (χ1) is 13.8. The Morgan fingerprint density at radius 2 is 1.48 bits per heavy atom. The van der Waals surface area contributed by atoms with Crippen LogP contribution in [0.5, 0.6) is 0 Å². The van der Waals surface area contributed by atoms with Crippen molar-refractivity contribution in [2.45, 2.75) is 39.2 Å². The summed E-state index contributed by atoms with van der Waals surface area (Å²) < 4.78 is 0. The van der Waals surface area contributed by atoms with Crippen LogP contribution in [0.2, 0.25) is 0 Å². The quantitative estimate of drug-likeness (QED) is 0.406. The van der Waals surface area contributed by atoms with Crippen molar-refractivity contribution in [1.29, 1.82) is 0 Å². The highest BCUT2D eigenvalue weighted by molar-refractivity contribution is 6.45. The van der Waals surface area contributed by atoms with Crippen LogP contribution in [0.4, 0.5) is 4.79 Å². The number of hydrogen-bond acceptors (Lipinski definition) is 4. The van der Waals surface area contributed by atoms with Crippen molar-refractivity contribution in [2.24, 2.45) is 0 Å². The fourth-order valence-electron chi connectivity index (χ4n) is 3.35. The van der Waals surface area contributed by atoms with Gasteiger partial charge in [-0.2, -0.15) is 0 Å². The molecule has 2 atom stereocenters. The summed E-state index contributed by atoms with van der Waals surface area (Å²) in [5.41, 5.74) is 2.26. The average Bonchev–Trinajstić information content (AvgIpc) is 2.96. The van der Waals surface area contributed by atoms with Gasteiger partial charge in [0.1, 0.15) is 0 Å². The second-order valence-corrected chi connectivity index (χ2v) is 7.29. The normalized spacial score (nSPS) is 16.3. The molecule has 3 rings (SSSR count). The fraction of sp³-hybridized carbons (Fsp3) is 0.304. The number of hydrogen-bond donors (Lipinski definition) is 0. The van der Waals surface area contributed by atoms with E-state index in [1.165, 1.54) is 0 Å². The van der Waals surface area contributed by atoms with Gasteiger partial charge in [0.25, 0.3) is 0 Å². The molecule has 2 aromatic rings. The van der Waals surface area contributed by atoms with Gasteiger partial charge in [-0.05, 0) is 30.4 Å². The van der Waals surface area contributed by atoms with Crippen LogP contribution in [0.3, 0.4) is 0 Å². The van der Waals surface area contributed by atoms with Gasteiger partial charge in [0, 0.05) is 5.56 Å². The average molecular weight is 392 g/mol. The molecule has 0 aromatic heterocycles.